The van der Waals surface area contributed by atoms with Gasteiger partial charge in [-0.15, -0.1) is 0 Å². The average Bonchev–Trinajstić information content (AvgIpc) is 3.40. The van der Waals surface area contributed by atoms with Gasteiger partial charge < -0.3 is 10.1 Å². The molecule has 0 radical (unpaired) electrons. The van der Waals surface area contributed by atoms with Gasteiger partial charge in [-0.2, -0.15) is 5.26 Å². The number of methoxy groups -OCH3 is 1. The number of carbonyl (C=O) groups is 1. The monoisotopic (exact) mass is 310 g/mol. The molecule has 118 valence electrons. The first-order chi connectivity index (χ1) is 11.1. The lowest BCUT2D eigenvalue weighted by Crippen LogP contribution is -2.23. The van der Waals surface area contributed by atoms with Gasteiger partial charge in [0.15, 0.2) is 11.7 Å². The van der Waals surface area contributed by atoms with Crippen LogP contribution in [0.2, 0.25) is 0 Å². The number of hydrogen-bond acceptors (Lipinski definition) is 6. The summed E-state index contributed by atoms with van der Waals surface area (Å²) >= 11 is 0. The van der Waals surface area contributed by atoms with Crippen LogP contribution in [-0.4, -0.2) is 29.1 Å². The molecule has 1 N–H and O–H groups in total. The number of esters is 1. The van der Waals surface area contributed by atoms with Crippen LogP contribution in [0.15, 0.2) is 24.3 Å². The van der Waals surface area contributed by atoms with E-state index >= 15 is 0 Å². The van der Waals surface area contributed by atoms with Crippen molar-refractivity contribution in [2.24, 2.45) is 5.92 Å². The molecular weight excluding hydrogens is 292 g/mol. The summed E-state index contributed by atoms with van der Waals surface area (Å²) in [5.74, 6) is -0.625. The number of ether oxygens (including phenoxy) is 1. The highest BCUT2D eigenvalue weighted by Crippen LogP contribution is 2.35. The maximum atomic E-state index is 11.9. The van der Waals surface area contributed by atoms with E-state index in [0.717, 1.165) is 5.52 Å². The van der Waals surface area contributed by atoms with E-state index in [-0.39, 0.29) is 6.04 Å². The first-order valence-corrected chi connectivity index (χ1v) is 7.64. The minimum atomic E-state index is -1.09. The quantitative estimate of drug-likeness (QED) is 0.854. The average molecular weight is 310 g/mol. The molecule has 2 aromatic rings. The molecule has 1 heterocycles. The number of nitrogens with zero attached hydrogens (tertiary/aromatic N) is 3. The van der Waals surface area contributed by atoms with Crippen molar-refractivity contribution in [1.82, 2.24) is 9.97 Å². The summed E-state index contributed by atoms with van der Waals surface area (Å²) in [6.45, 7) is 2.08. The molecule has 3 rings (SSSR count). The number of fused-ring (bicyclic) bond motifs is 1. The molecule has 0 spiro atoms. The van der Waals surface area contributed by atoms with E-state index in [0.29, 0.717) is 22.9 Å². The fourth-order valence-corrected chi connectivity index (χ4v) is 2.59. The van der Waals surface area contributed by atoms with Crippen molar-refractivity contribution >= 4 is 22.8 Å². The Morgan fingerprint density at radius 1 is 1.35 bits per heavy atom. The van der Waals surface area contributed by atoms with Crippen LogP contribution in [0.4, 0.5) is 5.82 Å². The predicted molar refractivity (Wildman–Crippen MR) is 85.7 cm³/mol. The van der Waals surface area contributed by atoms with Crippen LogP contribution < -0.4 is 5.32 Å². The zero-order chi connectivity index (χ0) is 16.4. The molecule has 1 aliphatic carbocycles. The smallest absolute Gasteiger partial charge is 0.329 e. The molecule has 1 aliphatic rings. The van der Waals surface area contributed by atoms with Gasteiger partial charge in [-0.25, -0.2) is 9.97 Å². The van der Waals surface area contributed by atoms with Crippen molar-refractivity contribution in [1.29, 1.82) is 5.26 Å². The van der Waals surface area contributed by atoms with Gasteiger partial charge in [0, 0.05) is 6.04 Å². The third-order valence-electron chi connectivity index (χ3n) is 4.13. The number of nitriles is 1. The lowest BCUT2D eigenvalue weighted by molar-refractivity contribution is -0.141. The summed E-state index contributed by atoms with van der Waals surface area (Å²) in [7, 11) is 1.26. The van der Waals surface area contributed by atoms with Gasteiger partial charge >= 0.3 is 5.97 Å². The van der Waals surface area contributed by atoms with Gasteiger partial charge in [-0.3, -0.25) is 4.79 Å². The Kier molecular flexibility index (Phi) is 4.11. The summed E-state index contributed by atoms with van der Waals surface area (Å²) in [5, 5.41) is 12.7. The largest absolute Gasteiger partial charge is 0.468 e. The van der Waals surface area contributed by atoms with Gasteiger partial charge in [-0.1, -0.05) is 12.1 Å². The standard InChI is InChI=1S/C17H18N4O2/c1-10(11-7-8-11)19-16-15(12(9-18)17(22)23-2)20-13-5-3-4-6-14(13)21-16/h3-6,10-12H,7-8H2,1-2H3,(H,19,21)/t10-,12-/m1/s1. The molecule has 6 heteroatoms. The molecule has 0 bridgehead atoms. The topological polar surface area (TPSA) is 87.9 Å². The van der Waals surface area contributed by atoms with E-state index in [1.54, 1.807) is 0 Å². The highest BCUT2D eigenvalue weighted by molar-refractivity contribution is 5.84. The second-order valence-electron chi connectivity index (χ2n) is 5.80. The first kappa shape index (κ1) is 15.2. The van der Waals surface area contributed by atoms with Gasteiger partial charge in [0.25, 0.3) is 0 Å². The van der Waals surface area contributed by atoms with E-state index < -0.39 is 11.9 Å². The van der Waals surface area contributed by atoms with Gasteiger partial charge in [0.2, 0.25) is 0 Å². The molecule has 0 saturated heterocycles. The third-order valence-corrected chi connectivity index (χ3v) is 4.13. The van der Waals surface area contributed by atoms with E-state index in [1.165, 1.54) is 20.0 Å². The first-order valence-electron chi connectivity index (χ1n) is 7.64. The molecular formula is C17H18N4O2. The number of carbonyl (C=O) groups excluding carboxylic acids is 1. The minimum Gasteiger partial charge on any atom is -0.468 e. The number of para-hydroxylation sites is 2. The molecule has 1 aromatic heterocycles. The number of nitrogens with one attached hydrogen (secondary N) is 1. The second kappa shape index (κ2) is 6.21. The zero-order valence-electron chi connectivity index (χ0n) is 13.1. The van der Waals surface area contributed by atoms with Crippen LogP contribution in [0.5, 0.6) is 0 Å². The highest BCUT2D eigenvalue weighted by atomic mass is 16.5. The lowest BCUT2D eigenvalue weighted by Gasteiger charge is -2.18. The van der Waals surface area contributed by atoms with Crippen LogP contribution in [0.1, 0.15) is 31.4 Å². The van der Waals surface area contributed by atoms with Crippen molar-refractivity contribution in [2.75, 3.05) is 12.4 Å². The van der Waals surface area contributed by atoms with E-state index in [2.05, 4.69) is 22.2 Å². The molecule has 1 saturated carbocycles. The lowest BCUT2D eigenvalue weighted by atomic mass is 10.1. The number of anilines is 1. The SMILES string of the molecule is COC(=O)[C@H](C#N)c1nc2ccccc2nc1N[C@H](C)C1CC1. The zero-order valence-corrected chi connectivity index (χ0v) is 13.1. The summed E-state index contributed by atoms with van der Waals surface area (Å²) < 4.78 is 4.73. The number of rotatable bonds is 5. The molecule has 0 amide bonds. The van der Waals surface area contributed by atoms with Crippen molar-refractivity contribution in [3.8, 4) is 6.07 Å². The highest BCUT2D eigenvalue weighted by Gasteiger charge is 2.31. The van der Waals surface area contributed by atoms with E-state index in [1.807, 2.05) is 30.3 Å². The van der Waals surface area contributed by atoms with Gasteiger partial charge in [-0.05, 0) is 37.8 Å². The van der Waals surface area contributed by atoms with Crippen molar-refractivity contribution < 1.29 is 9.53 Å². The normalized spacial score (nSPS) is 16.4. The maximum Gasteiger partial charge on any atom is 0.329 e. The molecule has 1 aromatic carbocycles. The summed E-state index contributed by atoms with van der Waals surface area (Å²) in [5.41, 5.74) is 1.70. The summed E-state index contributed by atoms with van der Waals surface area (Å²) in [6.07, 6.45) is 2.37. The van der Waals surface area contributed by atoms with Crippen LogP contribution in [0.3, 0.4) is 0 Å². The third kappa shape index (κ3) is 3.09. The van der Waals surface area contributed by atoms with Crippen molar-refractivity contribution in [3.63, 3.8) is 0 Å². The predicted octanol–water partition coefficient (Wildman–Crippen LogP) is 2.62. The Morgan fingerprint density at radius 2 is 2.00 bits per heavy atom. The fraction of sp³-hybridized carbons (Fsp3) is 0.412. The molecule has 1 fully saturated rings. The minimum absolute atomic E-state index is 0.223. The molecule has 0 aliphatic heterocycles. The Hall–Kier alpha value is -2.68. The summed E-state index contributed by atoms with van der Waals surface area (Å²) in [6, 6.07) is 9.60. The fourth-order valence-electron chi connectivity index (χ4n) is 2.59. The van der Waals surface area contributed by atoms with Crippen LogP contribution in [-0.2, 0) is 9.53 Å². The summed E-state index contributed by atoms with van der Waals surface area (Å²) in [4.78, 5) is 21.0. The number of aromatic nitrogens is 2. The van der Waals surface area contributed by atoms with Gasteiger partial charge in [0.05, 0.1) is 24.2 Å². The number of benzene rings is 1. The molecule has 23 heavy (non-hydrogen) atoms. The Labute approximate surface area is 134 Å². The second-order valence-corrected chi connectivity index (χ2v) is 5.80. The van der Waals surface area contributed by atoms with Crippen LogP contribution in [0, 0.1) is 17.2 Å². The van der Waals surface area contributed by atoms with Crippen molar-refractivity contribution in [2.45, 2.75) is 31.7 Å². The van der Waals surface area contributed by atoms with E-state index in [4.69, 9.17) is 4.74 Å². The maximum absolute atomic E-state index is 11.9. The molecule has 6 nitrogen and oxygen atoms in total. The Bertz CT molecular complexity index is 780. The van der Waals surface area contributed by atoms with Gasteiger partial charge in [0.1, 0.15) is 5.69 Å². The van der Waals surface area contributed by atoms with Crippen LogP contribution >= 0.6 is 0 Å². The number of hydrogen-bond donors (Lipinski definition) is 1. The Balaban J connectivity index is 2.07. The Morgan fingerprint density at radius 3 is 2.57 bits per heavy atom. The van der Waals surface area contributed by atoms with Crippen molar-refractivity contribution in [3.05, 3.63) is 30.0 Å². The van der Waals surface area contributed by atoms with E-state index in [9.17, 15) is 10.1 Å². The van der Waals surface area contributed by atoms with Crippen LogP contribution in [0.25, 0.3) is 11.0 Å². The molecule has 0 unspecified atom stereocenters. The molecule has 2 atom stereocenters.